The normalized spacial score (nSPS) is 16.2. The van der Waals surface area contributed by atoms with E-state index in [0.717, 1.165) is 12.8 Å². The fourth-order valence-corrected chi connectivity index (χ4v) is 3.67. The van der Waals surface area contributed by atoms with E-state index in [4.69, 9.17) is 4.74 Å². The zero-order valence-corrected chi connectivity index (χ0v) is 16.6. The molecule has 6 nitrogen and oxygen atoms in total. The Hall–Kier alpha value is -1.14. The van der Waals surface area contributed by atoms with E-state index in [1.807, 2.05) is 20.8 Å². The van der Waals surface area contributed by atoms with E-state index in [-0.39, 0.29) is 30.5 Å². The molecule has 0 radical (unpaired) electrons. The number of ether oxygens (including phenoxy) is 1. The third-order valence-corrected chi connectivity index (χ3v) is 6.13. The summed E-state index contributed by atoms with van der Waals surface area (Å²) < 4.78 is 6.08. The number of imide groups is 1. The van der Waals surface area contributed by atoms with Gasteiger partial charge in [0, 0.05) is 13.2 Å². The van der Waals surface area contributed by atoms with Gasteiger partial charge in [-0.2, -0.15) is 0 Å². The molecule has 1 N–H and O–H groups in total. The van der Waals surface area contributed by atoms with Crippen LogP contribution in [-0.2, 0) is 9.53 Å². The Bertz CT molecular complexity index is 445. The molecule has 1 heterocycles. The van der Waals surface area contributed by atoms with Crippen molar-refractivity contribution in [1.82, 2.24) is 9.80 Å². The smallest absolute Gasteiger partial charge is 0.327 e. The molecule has 0 atom stereocenters. The fourth-order valence-electron chi connectivity index (χ4n) is 3.67. The van der Waals surface area contributed by atoms with E-state index in [1.165, 1.54) is 4.90 Å². The zero-order chi connectivity index (χ0) is 19.1. The minimum atomic E-state index is -0.593. The molecule has 0 aromatic rings. The molecule has 0 saturated carbocycles. The van der Waals surface area contributed by atoms with Crippen LogP contribution in [0.5, 0.6) is 0 Å². The summed E-state index contributed by atoms with van der Waals surface area (Å²) in [6.07, 6.45) is 3.91. The lowest BCUT2D eigenvalue weighted by Gasteiger charge is -2.40. The summed E-state index contributed by atoms with van der Waals surface area (Å²) in [5, 5.41) is 9.36. The average molecular weight is 357 g/mol. The van der Waals surface area contributed by atoms with Crippen LogP contribution < -0.4 is 0 Å². The van der Waals surface area contributed by atoms with Crippen molar-refractivity contribution < 1.29 is 19.4 Å². The molecular weight excluding hydrogens is 320 g/mol. The van der Waals surface area contributed by atoms with Crippen molar-refractivity contribution >= 4 is 11.9 Å². The number of hydrogen-bond donors (Lipinski definition) is 1. The van der Waals surface area contributed by atoms with Gasteiger partial charge in [0.15, 0.2) is 0 Å². The Morgan fingerprint density at radius 1 is 1.00 bits per heavy atom. The number of likely N-dealkylation sites (N-methyl/N-ethyl adjacent to an activating group) is 1. The molecule has 1 saturated heterocycles. The topological polar surface area (TPSA) is 70.1 Å². The first-order valence-electron chi connectivity index (χ1n) is 9.69. The fraction of sp³-hybridized carbons (Fsp3) is 0.895. The van der Waals surface area contributed by atoms with Gasteiger partial charge in [-0.05, 0) is 44.4 Å². The highest BCUT2D eigenvalue weighted by atomic mass is 16.5. The van der Waals surface area contributed by atoms with Crippen molar-refractivity contribution in [2.45, 2.75) is 72.3 Å². The number of aliphatic hydroxyl groups excluding tert-OH is 1. The highest BCUT2D eigenvalue weighted by Crippen LogP contribution is 2.33. The Labute approximate surface area is 152 Å². The van der Waals surface area contributed by atoms with E-state index < -0.39 is 5.54 Å². The number of nitrogens with zero attached hydrogens (tertiary/aromatic N) is 2. The van der Waals surface area contributed by atoms with Crippen LogP contribution in [-0.4, -0.2) is 65.3 Å². The summed E-state index contributed by atoms with van der Waals surface area (Å²) in [7, 11) is 0. The van der Waals surface area contributed by atoms with E-state index >= 15 is 0 Å². The second kappa shape index (κ2) is 9.53. The van der Waals surface area contributed by atoms with Crippen LogP contribution in [0.25, 0.3) is 0 Å². The Morgan fingerprint density at radius 2 is 1.60 bits per heavy atom. The number of aliphatic hydroxyl groups is 1. The second-order valence-corrected chi connectivity index (χ2v) is 7.13. The monoisotopic (exact) mass is 356 g/mol. The maximum absolute atomic E-state index is 12.6. The minimum Gasteiger partial charge on any atom is -0.396 e. The summed E-state index contributed by atoms with van der Waals surface area (Å²) >= 11 is 0. The summed E-state index contributed by atoms with van der Waals surface area (Å²) in [6, 6.07) is -0.201. The van der Waals surface area contributed by atoms with Crippen LogP contribution in [0.4, 0.5) is 4.79 Å². The molecule has 1 aliphatic rings. The van der Waals surface area contributed by atoms with Crippen LogP contribution in [0, 0.1) is 5.41 Å². The lowest BCUT2D eigenvalue weighted by molar-refractivity contribution is -0.133. The number of rotatable bonds is 12. The van der Waals surface area contributed by atoms with Crippen LogP contribution in [0.3, 0.4) is 0 Å². The quantitative estimate of drug-likeness (QED) is 0.546. The molecular formula is C19H36N2O4. The summed E-state index contributed by atoms with van der Waals surface area (Å²) in [4.78, 5) is 28.1. The number of carbonyl (C=O) groups is 2. The molecule has 1 fully saturated rings. The van der Waals surface area contributed by atoms with Gasteiger partial charge in [0.2, 0.25) is 0 Å². The first kappa shape index (κ1) is 21.9. The van der Waals surface area contributed by atoms with Gasteiger partial charge < -0.3 is 14.7 Å². The average Bonchev–Trinajstić information content (AvgIpc) is 2.92. The Kier molecular flexibility index (Phi) is 8.35. The van der Waals surface area contributed by atoms with E-state index in [2.05, 4.69) is 13.8 Å². The van der Waals surface area contributed by atoms with Crippen LogP contribution in [0.15, 0.2) is 0 Å². The van der Waals surface area contributed by atoms with Crippen LogP contribution >= 0.6 is 0 Å². The van der Waals surface area contributed by atoms with Gasteiger partial charge in [0.25, 0.3) is 5.91 Å². The van der Waals surface area contributed by atoms with Gasteiger partial charge in [-0.3, -0.25) is 9.69 Å². The molecule has 25 heavy (non-hydrogen) atoms. The molecule has 0 spiro atoms. The molecule has 0 aromatic carbocycles. The maximum atomic E-state index is 12.6. The van der Waals surface area contributed by atoms with Gasteiger partial charge in [0.1, 0.15) is 6.54 Å². The Morgan fingerprint density at radius 3 is 2.00 bits per heavy atom. The van der Waals surface area contributed by atoms with Gasteiger partial charge in [0.05, 0.1) is 18.8 Å². The van der Waals surface area contributed by atoms with Crippen molar-refractivity contribution in [2.75, 3.05) is 32.9 Å². The molecule has 6 heteroatoms. The molecule has 146 valence electrons. The predicted molar refractivity (Wildman–Crippen MR) is 98.3 cm³/mol. The van der Waals surface area contributed by atoms with E-state index in [9.17, 15) is 14.7 Å². The van der Waals surface area contributed by atoms with Crippen LogP contribution in [0.2, 0.25) is 0 Å². The molecule has 0 aliphatic carbocycles. The maximum Gasteiger partial charge on any atom is 0.327 e. The van der Waals surface area contributed by atoms with Crippen molar-refractivity contribution in [3.8, 4) is 0 Å². The highest BCUT2D eigenvalue weighted by molar-refractivity contribution is 6.02. The van der Waals surface area contributed by atoms with E-state index in [1.54, 1.807) is 4.90 Å². The molecule has 3 amide bonds. The number of carbonyl (C=O) groups excluding carboxylic acids is 2. The molecule has 0 unspecified atom stereocenters. The summed E-state index contributed by atoms with van der Waals surface area (Å²) in [6.45, 7) is 11.8. The number of amides is 3. The predicted octanol–water partition coefficient (Wildman–Crippen LogP) is 3.03. The first-order chi connectivity index (χ1) is 11.9. The molecule has 0 aromatic heterocycles. The number of hydrogen-bond acceptors (Lipinski definition) is 4. The highest BCUT2D eigenvalue weighted by Gasteiger charge is 2.47. The van der Waals surface area contributed by atoms with Gasteiger partial charge in [-0.25, -0.2) is 4.79 Å². The summed E-state index contributed by atoms with van der Waals surface area (Å²) in [5.74, 6) is -0.133. The van der Waals surface area contributed by atoms with Gasteiger partial charge >= 0.3 is 6.03 Å². The minimum absolute atomic E-state index is 0.0452. The number of urea groups is 1. The Balaban J connectivity index is 2.89. The van der Waals surface area contributed by atoms with Crippen molar-refractivity contribution in [3.05, 3.63) is 0 Å². The third-order valence-electron chi connectivity index (χ3n) is 6.13. The van der Waals surface area contributed by atoms with Crippen molar-refractivity contribution in [2.24, 2.45) is 5.41 Å². The van der Waals surface area contributed by atoms with Crippen LogP contribution in [0.1, 0.15) is 66.7 Å². The lowest BCUT2D eigenvalue weighted by Crippen LogP contribution is -2.55. The van der Waals surface area contributed by atoms with Crippen molar-refractivity contribution in [3.63, 3.8) is 0 Å². The molecule has 1 aliphatic heterocycles. The second-order valence-electron chi connectivity index (χ2n) is 7.13. The summed E-state index contributed by atoms with van der Waals surface area (Å²) in [5.41, 5.74) is -0.638. The lowest BCUT2D eigenvalue weighted by atomic mass is 9.80. The molecule has 1 rings (SSSR count). The van der Waals surface area contributed by atoms with Crippen molar-refractivity contribution in [1.29, 1.82) is 0 Å². The van der Waals surface area contributed by atoms with Gasteiger partial charge in [-0.1, -0.05) is 27.7 Å². The largest absolute Gasteiger partial charge is 0.396 e. The first-order valence-corrected chi connectivity index (χ1v) is 9.69. The van der Waals surface area contributed by atoms with E-state index in [0.29, 0.717) is 39.0 Å². The zero-order valence-electron chi connectivity index (χ0n) is 16.6. The third kappa shape index (κ3) is 4.53. The SMILES string of the molecule is CCN1CC(=O)N(C(CC)(CC)COCC(CC)(CC)CCO)C1=O. The van der Waals surface area contributed by atoms with Gasteiger partial charge in [-0.15, -0.1) is 0 Å². The standard InChI is InChI=1S/C19H36N2O4/c1-6-18(7-2,11-12-22)14-25-15-19(8-3,9-4)21-16(23)13-20(10-5)17(21)24/h22H,6-15H2,1-5H3. The molecule has 0 bridgehead atoms.